The lowest BCUT2D eigenvalue weighted by Crippen LogP contribution is -2.49. The molecule has 0 aromatic heterocycles. The highest BCUT2D eigenvalue weighted by molar-refractivity contribution is 7.93. The van der Waals surface area contributed by atoms with E-state index in [0.29, 0.717) is 13.2 Å². The lowest BCUT2D eigenvalue weighted by Gasteiger charge is -2.39. The van der Waals surface area contributed by atoms with Crippen LogP contribution in [0.5, 0.6) is 5.75 Å². The summed E-state index contributed by atoms with van der Waals surface area (Å²) < 4.78 is 35.3. The molecule has 0 bridgehead atoms. The van der Waals surface area contributed by atoms with Gasteiger partial charge < -0.3 is 14.6 Å². The third-order valence-electron chi connectivity index (χ3n) is 4.30. The molecule has 1 fully saturated rings. The fourth-order valence-electron chi connectivity index (χ4n) is 2.44. The van der Waals surface area contributed by atoms with E-state index in [9.17, 15) is 18.3 Å². The largest absolute Gasteiger partial charge is 0.504 e. The second kappa shape index (κ2) is 6.90. The van der Waals surface area contributed by atoms with Gasteiger partial charge in [-0.05, 0) is 46.8 Å². The lowest BCUT2D eigenvalue weighted by molar-refractivity contribution is -0.0468. The molecule has 1 amide bonds. The molecule has 1 heterocycles. The summed E-state index contributed by atoms with van der Waals surface area (Å²) in [5.41, 5.74) is -0.837. The molecule has 9 heteroatoms. The number of halogens is 1. The number of hydrogen-bond acceptors (Lipinski definition) is 6. The smallest absolute Gasteiger partial charge is 0.412 e. The molecule has 0 unspecified atom stereocenters. The van der Waals surface area contributed by atoms with Gasteiger partial charge in [-0.2, -0.15) is 0 Å². The van der Waals surface area contributed by atoms with Crippen molar-refractivity contribution in [3.05, 3.63) is 17.2 Å². The van der Waals surface area contributed by atoms with Crippen molar-refractivity contribution in [1.82, 2.24) is 0 Å². The molecule has 1 aliphatic rings. The van der Waals surface area contributed by atoms with E-state index in [1.807, 2.05) is 0 Å². The first-order valence-electron chi connectivity index (χ1n) is 8.11. The molecule has 1 aliphatic heterocycles. The van der Waals surface area contributed by atoms with Crippen LogP contribution in [0.4, 0.5) is 10.5 Å². The van der Waals surface area contributed by atoms with Gasteiger partial charge in [0.05, 0.1) is 28.7 Å². The van der Waals surface area contributed by atoms with Crippen molar-refractivity contribution in [2.24, 2.45) is 5.92 Å². The van der Waals surface area contributed by atoms with Crippen LogP contribution in [0.25, 0.3) is 0 Å². The number of aromatic hydroxyl groups is 1. The van der Waals surface area contributed by atoms with Crippen molar-refractivity contribution in [3.63, 3.8) is 0 Å². The second-order valence-corrected chi connectivity index (χ2v) is 10.6. The predicted octanol–water partition coefficient (Wildman–Crippen LogP) is 3.59. The maximum atomic E-state index is 13.2. The standard InChI is InChI=1S/C17H24ClNO6S/c1-16(2,3)25-15(21)19-12-7-6-11(18)14(13(12)20)26(22,23)17(4,5)10-8-24-9-10/h6-7,10,20H,8-9H2,1-5H3,(H,19,21). The highest BCUT2D eigenvalue weighted by Crippen LogP contribution is 2.44. The average Bonchev–Trinajstić information content (AvgIpc) is 2.37. The monoisotopic (exact) mass is 405 g/mol. The zero-order valence-electron chi connectivity index (χ0n) is 15.4. The molecule has 0 atom stereocenters. The number of phenolic OH excluding ortho intramolecular Hbond substituents is 1. The van der Waals surface area contributed by atoms with Gasteiger partial charge in [0, 0.05) is 5.92 Å². The highest BCUT2D eigenvalue weighted by Gasteiger charge is 2.48. The van der Waals surface area contributed by atoms with Gasteiger partial charge in [0.1, 0.15) is 10.5 Å². The molecule has 1 saturated heterocycles. The zero-order chi connectivity index (χ0) is 19.9. The number of benzene rings is 1. The maximum Gasteiger partial charge on any atom is 0.412 e. The zero-order valence-corrected chi connectivity index (χ0v) is 17.0. The summed E-state index contributed by atoms with van der Waals surface area (Å²) in [5, 5.41) is 12.8. The first kappa shape index (κ1) is 20.8. The van der Waals surface area contributed by atoms with Gasteiger partial charge >= 0.3 is 6.09 Å². The minimum absolute atomic E-state index is 0.0946. The van der Waals surface area contributed by atoms with Crippen LogP contribution in [0.15, 0.2) is 17.0 Å². The Labute approximate surface area is 158 Å². The fraction of sp³-hybridized carbons (Fsp3) is 0.588. The Bertz CT molecular complexity index is 809. The molecule has 2 rings (SSSR count). The molecule has 0 aliphatic carbocycles. The Morgan fingerprint density at radius 2 is 1.85 bits per heavy atom. The molecule has 26 heavy (non-hydrogen) atoms. The molecule has 7 nitrogen and oxygen atoms in total. The van der Waals surface area contributed by atoms with E-state index in [1.165, 1.54) is 12.1 Å². The molecular weight excluding hydrogens is 382 g/mol. The number of amides is 1. The minimum Gasteiger partial charge on any atom is -0.504 e. The van der Waals surface area contributed by atoms with Crippen LogP contribution in [-0.2, 0) is 19.3 Å². The van der Waals surface area contributed by atoms with Crippen molar-refractivity contribution in [2.45, 2.75) is 49.9 Å². The number of hydrogen-bond donors (Lipinski definition) is 2. The van der Waals surface area contributed by atoms with Gasteiger partial charge in [0.2, 0.25) is 0 Å². The Hall–Kier alpha value is -1.51. The van der Waals surface area contributed by atoms with E-state index < -0.39 is 36.9 Å². The van der Waals surface area contributed by atoms with E-state index in [2.05, 4.69) is 5.32 Å². The van der Waals surface area contributed by atoms with Gasteiger partial charge in [0.25, 0.3) is 0 Å². The summed E-state index contributed by atoms with van der Waals surface area (Å²) in [5.74, 6) is -0.831. The van der Waals surface area contributed by atoms with Crippen molar-refractivity contribution < 1.29 is 27.8 Å². The molecule has 146 valence electrons. The number of ether oxygens (including phenoxy) is 2. The molecule has 1 aromatic rings. The fourth-order valence-corrected chi connectivity index (χ4v) is 4.68. The van der Waals surface area contributed by atoms with Crippen LogP contribution in [0.1, 0.15) is 34.6 Å². The summed E-state index contributed by atoms with van der Waals surface area (Å²) in [7, 11) is -4.01. The predicted molar refractivity (Wildman–Crippen MR) is 98.5 cm³/mol. The summed E-state index contributed by atoms with van der Waals surface area (Å²) in [6.07, 6.45) is -0.815. The first-order chi connectivity index (χ1) is 11.8. The molecule has 0 saturated carbocycles. The van der Waals surface area contributed by atoms with Crippen molar-refractivity contribution in [2.75, 3.05) is 18.5 Å². The van der Waals surface area contributed by atoms with Gasteiger partial charge in [-0.25, -0.2) is 13.2 Å². The Morgan fingerprint density at radius 3 is 2.31 bits per heavy atom. The molecule has 2 N–H and O–H groups in total. The molecule has 1 aromatic carbocycles. The van der Waals surface area contributed by atoms with Crippen molar-refractivity contribution >= 4 is 33.2 Å². The van der Waals surface area contributed by atoms with E-state index in [1.54, 1.807) is 34.6 Å². The minimum atomic E-state index is -4.01. The maximum absolute atomic E-state index is 13.2. The average molecular weight is 406 g/mol. The normalized spacial score (nSPS) is 16.1. The van der Waals surface area contributed by atoms with E-state index in [-0.39, 0.29) is 16.6 Å². The van der Waals surface area contributed by atoms with Crippen LogP contribution >= 0.6 is 11.6 Å². The third kappa shape index (κ3) is 3.92. The Morgan fingerprint density at radius 1 is 1.27 bits per heavy atom. The first-order valence-corrected chi connectivity index (χ1v) is 9.97. The number of rotatable bonds is 4. The number of anilines is 1. The van der Waals surface area contributed by atoms with Gasteiger partial charge in [-0.15, -0.1) is 0 Å². The Kier molecular flexibility index (Phi) is 5.52. The van der Waals surface area contributed by atoms with Crippen molar-refractivity contribution in [1.29, 1.82) is 0 Å². The summed E-state index contributed by atoms with van der Waals surface area (Å²) in [6, 6.07) is 2.63. The topological polar surface area (TPSA) is 102 Å². The van der Waals surface area contributed by atoms with Crippen LogP contribution in [0, 0.1) is 5.92 Å². The summed E-state index contributed by atoms with van der Waals surface area (Å²) in [6.45, 7) is 8.84. The van der Waals surface area contributed by atoms with Crippen LogP contribution in [-0.4, -0.2) is 43.2 Å². The molecule has 0 radical (unpaired) electrons. The van der Waals surface area contributed by atoms with E-state index in [4.69, 9.17) is 21.1 Å². The number of carbonyl (C=O) groups excluding carboxylic acids is 1. The SMILES string of the molecule is CC(C)(C)OC(=O)Nc1ccc(Cl)c(S(=O)(=O)C(C)(C)C2COC2)c1O. The molecular formula is C17H24ClNO6S. The highest BCUT2D eigenvalue weighted by atomic mass is 35.5. The van der Waals surface area contributed by atoms with Crippen LogP contribution in [0.2, 0.25) is 5.02 Å². The number of phenols is 1. The molecule has 0 spiro atoms. The quantitative estimate of drug-likeness (QED) is 0.742. The second-order valence-electron chi connectivity index (χ2n) is 7.74. The summed E-state index contributed by atoms with van der Waals surface area (Å²) in [4.78, 5) is 11.5. The summed E-state index contributed by atoms with van der Waals surface area (Å²) >= 11 is 6.09. The Balaban J connectivity index is 2.42. The van der Waals surface area contributed by atoms with Gasteiger partial charge in [-0.3, -0.25) is 5.32 Å². The van der Waals surface area contributed by atoms with Crippen LogP contribution in [0.3, 0.4) is 0 Å². The lowest BCUT2D eigenvalue weighted by atomic mass is 9.93. The number of sulfone groups is 1. The third-order valence-corrected chi connectivity index (χ3v) is 7.40. The van der Waals surface area contributed by atoms with Gasteiger partial charge in [-0.1, -0.05) is 11.6 Å². The van der Waals surface area contributed by atoms with Crippen molar-refractivity contribution in [3.8, 4) is 5.75 Å². The van der Waals surface area contributed by atoms with E-state index in [0.717, 1.165) is 0 Å². The van der Waals surface area contributed by atoms with E-state index >= 15 is 0 Å². The van der Waals surface area contributed by atoms with Crippen LogP contribution < -0.4 is 5.32 Å². The number of nitrogens with one attached hydrogen (secondary N) is 1. The van der Waals surface area contributed by atoms with Gasteiger partial charge in [0.15, 0.2) is 15.6 Å². The number of carbonyl (C=O) groups is 1.